The van der Waals surface area contributed by atoms with Gasteiger partial charge in [0, 0.05) is 21.5 Å². The lowest BCUT2D eigenvalue weighted by Crippen LogP contribution is -2.13. The van der Waals surface area contributed by atoms with Crippen molar-refractivity contribution in [2.24, 2.45) is 0 Å². The van der Waals surface area contributed by atoms with Crippen molar-refractivity contribution >= 4 is 34.3 Å². The molecule has 0 spiro atoms. The van der Waals surface area contributed by atoms with Gasteiger partial charge < -0.3 is 4.42 Å². The van der Waals surface area contributed by atoms with E-state index in [9.17, 15) is 4.79 Å². The van der Waals surface area contributed by atoms with Gasteiger partial charge in [-0.25, -0.2) is 4.63 Å². The van der Waals surface area contributed by atoms with E-state index in [2.05, 4.69) is 27.8 Å². The quantitative estimate of drug-likeness (QED) is 0.446. The van der Waals surface area contributed by atoms with Crippen LogP contribution in [-0.2, 0) is 12.8 Å². The second-order valence-electron chi connectivity index (χ2n) is 7.76. The molecule has 5 rings (SSSR count). The first kappa shape index (κ1) is 18.9. The monoisotopic (exact) mass is 421 g/mol. The lowest BCUT2D eigenvalue weighted by molar-refractivity contribution is 0.0997. The number of anilines is 1. The second-order valence-corrected chi connectivity index (χ2v) is 8.17. The average molecular weight is 422 g/mol. The first-order chi connectivity index (χ1) is 14.5. The minimum absolute atomic E-state index is 0.214. The molecule has 4 aromatic rings. The molecule has 2 aromatic carbocycles. The molecule has 152 valence electrons. The number of halogens is 1. The van der Waals surface area contributed by atoms with Gasteiger partial charge in [0.25, 0.3) is 5.91 Å². The van der Waals surface area contributed by atoms with E-state index >= 15 is 0 Å². The largest absolute Gasteiger partial charge is 0.451 e. The number of benzene rings is 2. The molecule has 1 aliphatic rings. The average Bonchev–Trinajstić information content (AvgIpc) is 3.33. The smallest absolute Gasteiger partial charge is 0.292 e. The molecule has 0 saturated carbocycles. The molecule has 2 heterocycles. The highest BCUT2D eigenvalue weighted by Gasteiger charge is 2.23. The Morgan fingerprint density at radius 3 is 2.70 bits per heavy atom. The third-order valence-corrected chi connectivity index (χ3v) is 6.17. The fourth-order valence-corrected chi connectivity index (χ4v) is 4.23. The van der Waals surface area contributed by atoms with Gasteiger partial charge >= 0.3 is 0 Å². The zero-order valence-electron chi connectivity index (χ0n) is 16.7. The van der Waals surface area contributed by atoms with Gasteiger partial charge in [0.1, 0.15) is 5.58 Å². The number of carbonyl (C=O) groups excluding carboxylic acids is 1. The van der Waals surface area contributed by atoms with Crippen LogP contribution in [0.3, 0.4) is 0 Å². The van der Waals surface area contributed by atoms with Crippen LogP contribution in [0.4, 0.5) is 5.82 Å². The first-order valence-electron chi connectivity index (χ1n) is 9.96. The van der Waals surface area contributed by atoms with Crippen molar-refractivity contribution in [3.63, 3.8) is 0 Å². The van der Waals surface area contributed by atoms with Crippen LogP contribution < -0.4 is 5.32 Å². The Morgan fingerprint density at radius 2 is 1.87 bits per heavy atom. The maximum absolute atomic E-state index is 12.9. The molecule has 1 amide bonds. The number of amides is 1. The Bertz CT molecular complexity index is 1290. The number of aryl methyl sites for hydroxylation is 4. The molecular formula is C23H20ClN3O3. The third kappa shape index (κ3) is 3.17. The molecule has 6 nitrogen and oxygen atoms in total. The van der Waals surface area contributed by atoms with Gasteiger partial charge in [0.15, 0.2) is 11.5 Å². The maximum atomic E-state index is 12.9. The molecule has 0 fully saturated rings. The number of hydrogen-bond acceptors (Lipinski definition) is 5. The van der Waals surface area contributed by atoms with Crippen molar-refractivity contribution < 1.29 is 13.8 Å². The summed E-state index contributed by atoms with van der Waals surface area (Å²) in [4.78, 5) is 12.9. The van der Waals surface area contributed by atoms with Crippen LogP contribution in [0.15, 0.2) is 39.4 Å². The van der Waals surface area contributed by atoms with Crippen LogP contribution in [-0.4, -0.2) is 16.2 Å². The lowest BCUT2D eigenvalue weighted by Gasteiger charge is -2.16. The van der Waals surface area contributed by atoms with Gasteiger partial charge in [-0.1, -0.05) is 23.7 Å². The highest BCUT2D eigenvalue weighted by atomic mass is 35.5. The number of aromatic nitrogens is 2. The first-order valence-corrected chi connectivity index (χ1v) is 10.3. The van der Waals surface area contributed by atoms with Crippen LogP contribution in [0.5, 0.6) is 0 Å². The molecule has 0 saturated heterocycles. The number of nitrogens with one attached hydrogen (secondary N) is 1. The fraction of sp³-hybridized carbons (Fsp3) is 0.261. The van der Waals surface area contributed by atoms with Crippen LogP contribution in [0, 0.1) is 13.8 Å². The molecule has 1 N–H and O–H groups in total. The number of carbonyl (C=O) groups is 1. The van der Waals surface area contributed by atoms with E-state index in [1.165, 1.54) is 24.0 Å². The second kappa shape index (κ2) is 7.29. The summed E-state index contributed by atoms with van der Waals surface area (Å²) >= 11 is 6.23. The molecule has 1 aliphatic carbocycles. The van der Waals surface area contributed by atoms with E-state index in [0.717, 1.165) is 34.9 Å². The van der Waals surface area contributed by atoms with E-state index < -0.39 is 5.91 Å². The summed E-state index contributed by atoms with van der Waals surface area (Å²) in [5.41, 5.74) is 6.29. The Hall–Kier alpha value is -3.12. The molecule has 0 unspecified atom stereocenters. The van der Waals surface area contributed by atoms with Crippen molar-refractivity contribution in [3.05, 3.63) is 63.4 Å². The number of rotatable bonds is 3. The molecule has 0 atom stereocenters. The molecular weight excluding hydrogens is 402 g/mol. The summed E-state index contributed by atoms with van der Waals surface area (Å²) in [7, 11) is 0. The summed E-state index contributed by atoms with van der Waals surface area (Å²) in [6.45, 7) is 3.73. The maximum Gasteiger partial charge on any atom is 0.292 e. The van der Waals surface area contributed by atoms with Crippen molar-refractivity contribution in [2.45, 2.75) is 39.5 Å². The van der Waals surface area contributed by atoms with Gasteiger partial charge in [-0.2, -0.15) is 0 Å². The molecule has 30 heavy (non-hydrogen) atoms. The van der Waals surface area contributed by atoms with E-state index in [-0.39, 0.29) is 11.6 Å². The van der Waals surface area contributed by atoms with Gasteiger partial charge in [0.05, 0.1) is 0 Å². The van der Waals surface area contributed by atoms with Crippen molar-refractivity contribution in [1.29, 1.82) is 0 Å². The lowest BCUT2D eigenvalue weighted by atomic mass is 9.90. The summed E-state index contributed by atoms with van der Waals surface area (Å²) in [6, 6.07) is 9.88. The van der Waals surface area contributed by atoms with Crippen LogP contribution in [0.25, 0.3) is 22.2 Å². The van der Waals surface area contributed by atoms with Crippen LogP contribution >= 0.6 is 11.6 Å². The van der Waals surface area contributed by atoms with Crippen LogP contribution in [0.2, 0.25) is 5.02 Å². The number of fused-ring (bicyclic) bond motifs is 2. The Balaban J connectivity index is 1.46. The minimum atomic E-state index is -0.410. The molecule has 7 heteroatoms. The van der Waals surface area contributed by atoms with Crippen molar-refractivity contribution in [2.75, 3.05) is 5.32 Å². The van der Waals surface area contributed by atoms with Gasteiger partial charge in [0.2, 0.25) is 5.82 Å². The number of nitrogens with zero attached hydrogens (tertiary/aromatic N) is 2. The van der Waals surface area contributed by atoms with E-state index in [1.807, 2.05) is 32.0 Å². The predicted octanol–water partition coefficient (Wildman–Crippen LogP) is 5.88. The number of hydrogen-bond donors (Lipinski definition) is 1. The topological polar surface area (TPSA) is 81.2 Å². The third-order valence-electron chi connectivity index (χ3n) is 5.77. The molecule has 0 bridgehead atoms. The normalized spacial score (nSPS) is 13.4. The van der Waals surface area contributed by atoms with E-state index in [1.54, 1.807) is 0 Å². The molecule has 0 aliphatic heterocycles. The standard InChI is InChI=1S/C23H20ClN3O3/c1-12-9-19-17(11-18(12)24)13(2)21(29-19)23(28)25-22-20(26-30-27-22)16-8-7-14-5-3-4-6-15(14)10-16/h7-11H,3-6H2,1-2H3,(H,25,27,28). The highest BCUT2D eigenvalue weighted by molar-refractivity contribution is 6.32. The van der Waals surface area contributed by atoms with Gasteiger partial charge in [-0.15, -0.1) is 0 Å². The summed E-state index contributed by atoms with van der Waals surface area (Å²) in [5, 5.41) is 12.1. The number of furan rings is 1. The SMILES string of the molecule is Cc1cc2oc(C(=O)Nc3nonc3-c3ccc4c(c3)CCCC4)c(C)c2cc1Cl. The fourth-order valence-electron chi connectivity index (χ4n) is 4.06. The summed E-state index contributed by atoms with van der Waals surface area (Å²) in [5.74, 6) is 0.0725. The predicted molar refractivity (Wildman–Crippen MR) is 115 cm³/mol. The molecule has 0 radical (unpaired) electrons. The van der Waals surface area contributed by atoms with Gasteiger partial charge in [-0.05, 0) is 84.7 Å². The zero-order chi connectivity index (χ0) is 20.8. The van der Waals surface area contributed by atoms with Crippen molar-refractivity contribution in [3.8, 4) is 11.3 Å². The summed E-state index contributed by atoms with van der Waals surface area (Å²) in [6.07, 6.45) is 4.56. The van der Waals surface area contributed by atoms with E-state index in [0.29, 0.717) is 16.3 Å². The van der Waals surface area contributed by atoms with Crippen molar-refractivity contribution in [1.82, 2.24) is 10.3 Å². The minimum Gasteiger partial charge on any atom is -0.451 e. The Labute approximate surface area is 178 Å². The highest BCUT2D eigenvalue weighted by Crippen LogP contribution is 2.32. The van der Waals surface area contributed by atoms with E-state index in [4.69, 9.17) is 20.6 Å². The van der Waals surface area contributed by atoms with Crippen LogP contribution in [0.1, 0.15) is 45.7 Å². The Kier molecular flexibility index (Phi) is 4.59. The Morgan fingerprint density at radius 1 is 1.07 bits per heavy atom. The summed E-state index contributed by atoms with van der Waals surface area (Å²) < 4.78 is 10.8. The molecule has 2 aromatic heterocycles. The zero-order valence-corrected chi connectivity index (χ0v) is 17.5. The van der Waals surface area contributed by atoms with Gasteiger partial charge in [-0.3, -0.25) is 10.1 Å².